The SMILES string of the molecule is CCCc1ccc(-c2nc(-c3ccc(CS(=O)(=O)C(F)(F)F)cc3)cs2)cn1. The van der Waals surface area contributed by atoms with Crippen LogP contribution in [0.1, 0.15) is 24.6 Å². The second kappa shape index (κ2) is 8.00. The van der Waals surface area contributed by atoms with Crippen molar-refractivity contribution < 1.29 is 21.6 Å². The predicted octanol–water partition coefficient (Wildman–Crippen LogP) is 5.26. The number of sulfone groups is 1. The standard InChI is InChI=1S/C19H17F3N2O2S2/c1-2-3-16-9-8-15(10-23-16)18-24-17(11-27-18)14-6-4-13(5-7-14)12-28(25,26)19(20,21)22/h4-11H,2-3,12H2,1H3. The molecule has 4 nitrogen and oxygen atoms in total. The van der Waals surface area contributed by atoms with Gasteiger partial charge in [0.1, 0.15) is 5.01 Å². The van der Waals surface area contributed by atoms with Crippen LogP contribution in [0.4, 0.5) is 13.2 Å². The van der Waals surface area contributed by atoms with Gasteiger partial charge in [-0.3, -0.25) is 4.98 Å². The van der Waals surface area contributed by atoms with Gasteiger partial charge in [0.15, 0.2) is 0 Å². The van der Waals surface area contributed by atoms with E-state index in [1.807, 2.05) is 17.5 Å². The number of benzene rings is 1. The van der Waals surface area contributed by atoms with Gasteiger partial charge < -0.3 is 0 Å². The van der Waals surface area contributed by atoms with Gasteiger partial charge in [-0.2, -0.15) is 13.2 Å². The number of rotatable bonds is 6. The van der Waals surface area contributed by atoms with Crippen LogP contribution in [0.2, 0.25) is 0 Å². The Balaban J connectivity index is 1.76. The highest BCUT2D eigenvalue weighted by Gasteiger charge is 2.45. The van der Waals surface area contributed by atoms with E-state index in [0.29, 0.717) is 11.3 Å². The molecule has 28 heavy (non-hydrogen) atoms. The maximum Gasteiger partial charge on any atom is 0.497 e. The van der Waals surface area contributed by atoms with Crippen LogP contribution < -0.4 is 0 Å². The lowest BCUT2D eigenvalue weighted by Crippen LogP contribution is -2.24. The topological polar surface area (TPSA) is 59.9 Å². The predicted molar refractivity (Wildman–Crippen MR) is 103 cm³/mol. The molecule has 0 bridgehead atoms. The molecule has 0 unspecified atom stereocenters. The maximum absolute atomic E-state index is 12.5. The number of hydrogen-bond acceptors (Lipinski definition) is 5. The lowest BCUT2D eigenvalue weighted by Gasteiger charge is -2.08. The normalized spacial score (nSPS) is 12.3. The fraction of sp³-hybridized carbons (Fsp3) is 0.263. The van der Waals surface area contributed by atoms with E-state index in [1.165, 1.54) is 23.5 Å². The Kier molecular flexibility index (Phi) is 5.85. The van der Waals surface area contributed by atoms with E-state index in [2.05, 4.69) is 16.9 Å². The average Bonchev–Trinajstić information content (AvgIpc) is 3.12. The molecular formula is C19H17F3N2O2S2. The second-order valence-corrected chi connectivity index (χ2v) is 9.07. The third kappa shape index (κ3) is 4.59. The summed E-state index contributed by atoms with van der Waals surface area (Å²) in [6.07, 6.45) is 3.71. The molecule has 0 radical (unpaired) electrons. The Morgan fingerprint density at radius 3 is 2.29 bits per heavy atom. The molecule has 0 aliphatic carbocycles. The second-order valence-electron chi connectivity index (χ2n) is 6.23. The molecule has 3 aromatic rings. The third-order valence-electron chi connectivity index (χ3n) is 4.04. The smallest absolute Gasteiger partial charge is 0.261 e. The number of alkyl halides is 3. The summed E-state index contributed by atoms with van der Waals surface area (Å²) in [5.41, 5.74) is -1.89. The van der Waals surface area contributed by atoms with Crippen molar-refractivity contribution in [1.29, 1.82) is 0 Å². The fourth-order valence-electron chi connectivity index (χ4n) is 2.57. The third-order valence-corrected chi connectivity index (χ3v) is 6.35. The van der Waals surface area contributed by atoms with Gasteiger partial charge in [-0.1, -0.05) is 37.6 Å². The van der Waals surface area contributed by atoms with E-state index in [0.717, 1.165) is 29.1 Å². The zero-order chi connectivity index (χ0) is 20.4. The van der Waals surface area contributed by atoms with Gasteiger partial charge in [-0.15, -0.1) is 11.3 Å². The summed E-state index contributed by atoms with van der Waals surface area (Å²) < 4.78 is 60.0. The maximum atomic E-state index is 12.5. The van der Waals surface area contributed by atoms with E-state index in [-0.39, 0.29) is 5.56 Å². The Hall–Kier alpha value is -2.26. The van der Waals surface area contributed by atoms with E-state index in [9.17, 15) is 21.6 Å². The van der Waals surface area contributed by atoms with Crippen LogP contribution in [0, 0.1) is 0 Å². The van der Waals surface area contributed by atoms with Crippen molar-refractivity contribution in [3.05, 3.63) is 59.2 Å². The first-order valence-corrected chi connectivity index (χ1v) is 11.0. The number of pyridine rings is 1. The molecule has 9 heteroatoms. The number of hydrogen-bond donors (Lipinski definition) is 0. The van der Waals surface area contributed by atoms with Crippen LogP contribution in [-0.2, 0) is 22.0 Å². The highest BCUT2D eigenvalue weighted by Crippen LogP contribution is 2.30. The number of halogens is 3. The van der Waals surface area contributed by atoms with Crippen molar-refractivity contribution in [2.45, 2.75) is 31.0 Å². The highest BCUT2D eigenvalue weighted by molar-refractivity contribution is 7.91. The van der Waals surface area contributed by atoms with Gasteiger partial charge in [-0.25, -0.2) is 13.4 Å². The number of nitrogens with zero attached hydrogens (tertiary/aromatic N) is 2. The minimum absolute atomic E-state index is 0.0761. The quantitative estimate of drug-likeness (QED) is 0.540. The summed E-state index contributed by atoms with van der Waals surface area (Å²) in [6, 6.07) is 9.82. The van der Waals surface area contributed by atoms with Crippen LogP contribution in [-0.4, -0.2) is 23.9 Å². The van der Waals surface area contributed by atoms with E-state index in [4.69, 9.17) is 0 Å². The summed E-state index contributed by atoms with van der Waals surface area (Å²) in [4.78, 5) is 8.96. The van der Waals surface area contributed by atoms with Crippen molar-refractivity contribution in [1.82, 2.24) is 9.97 Å². The van der Waals surface area contributed by atoms with Crippen LogP contribution in [0.5, 0.6) is 0 Å². The molecule has 2 heterocycles. The molecule has 0 saturated carbocycles. The van der Waals surface area contributed by atoms with Gasteiger partial charge in [0, 0.05) is 28.4 Å². The van der Waals surface area contributed by atoms with E-state index >= 15 is 0 Å². The summed E-state index contributed by atoms with van der Waals surface area (Å²) in [6.45, 7) is 2.09. The molecule has 0 saturated heterocycles. The summed E-state index contributed by atoms with van der Waals surface area (Å²) in [5.74, 6) is -1.07. The van der Waals surface area contributed by atoms with Gasteiger partial charge in [0.25, 0.3) is 9.84 Å². The molecule has 0 N–H and O–H groups in total. The van der Waals surface area contributed by atoms with Crippen LogP contribution >= 0.6 is 11.3 Å². The number of thiazole rings is 1. The summed E-state index contributed by atoms with van der Waals surface area (Å²) in [5, 5.41) is 2.63. The molecule has 148 valence electrons. The first-order chi connectivity index (χ1) is 13.2. The molecule has 3 rings (SSSR count). The summed E-state index contributed by atoms with van der Waals surface area (Å²) >= 11 is 1.44. The van der Waals surface area contributed by atoms with Crippen LogP contribution in [0.25, 0.3) is 21.8 Å². The first-order valence-electron chi connectivity index (χ1n) is 8.49. The molecule has 0 amide bonds. The molecular weight excluding hydrogens is 409 g/mol. The minimum atomic E-state index is -5.25. The molecule has 0 aliphatic heterocycles. The van der Waals surface area contributed by atoms with E-state index < -0.39 is 21.1 Å². The van der Waals surface area contributed by atoms with Crippen molar-refractivity contribution >= 4 is 21.2 Å². The largest absolute Gasteiger partial charge is 0.497 e. The average molecular weight is 426 g/mol. The fourth-order valence-corrected chi connectivity index (χ4v) is 4.18. The van der Waals surface area contributed by atoms with Crippen LogP contribution in [0.15, 0.2) is 48.0 Å². The van der Waals surface area contributed by atoms with Crippen LogP contribution in [0.3, 0.4) is 0 Å². The lowest BCUT2D eigenvalue weighted by molar-refractivity contribution is -0.0437. The minimum Gasteiger partial charge on any atom is -0.261 e. The van der Waals surface area contributed by atoms with Gasteiger partial charge >= 0.3 is 5.51 Å². The zero-order valence-corrected chi connectivity index (χ0v) is 16.5. The Bertz CT molecular complexity index is 1040. The van der Waals surface area contributed by atoms with Crippen molar-refractivity contribution in [2.75, 3.05) is 0 Å². The Morgan fingerprint density at radius 1 is 1.04 bits per heavy atom. The highest BCUT2D eigenvalue weighted by atomic mass is 32.2. The van der Waals surface area contributed by atoms with Gasteiger partial charge in [-0.05, 0) is 24.1 Å². The van der Waals surface area contributed by atoms with Crippen molar-refractivity contribution in [3.63, 3.8) is 0 Å². The zero-order valence-electron chi connectivity index (χ0n) is 14.9. The van der Waals surface area contributed by atoms with E-state index in [1.54, 1.807) is 18.3 Å². The Labute approximate surface area is 165 Å². The molecule has 2 aromatic heterocycles. The summed E-state index contributed by atoms with van der Waals surface area (Å²) in [7, 11) is -5.19. The van der Waals surface area contributed by atoms with Crippen molar-refractivity contribution in [3.8, 4) is 21.8 Å². The molecule has 0 spiro atoms. The van der Waals surface area contributed by atoms with Crippen molar-refractivity contribution in [2.24, 2.45) is 0 Å². The van der Waals surface area contributed by atoms with Gasteiger partial charge in [0.2, 0.25) is 0 Å². The number of aromatic nitrogens is 2. The number of aryl methyl sites for hydroxylation is 1. The van der Waals surface area contributed by atoms with Gasteiger partial charge in [0.05, 0.1) is 11.4 Å². The molecule has 0 aliphatic rings. The monoisotopic (exact) mass is 426 g/mol. The lowest BCUT2D eigenvalue weighted by atomic mass is 10.1. The molecule has 0 atom stereocenters. The molecule has 0 fully saturated rings. The molecule has 1 aromatic carbocycles. The first kappa shape index (κ1) is 20.5. The Morgan fingerprint density at radius 2 is 1.71 bits per heavy atom.